The number of carbonyl (C=O) groups is 4. The first-order valence-corrected chi connectivity index (χ1v) is 17.8. The number of hydrogen-bond donors (Lipinski definition) is 1. The standard InChI is InChI=1S/C19H16BrClO4.C18H14BrClO5/c1-11(22)7-8-24-17-9-12(20)5-6-14(17)18-10-16(23)13-3-2-4-15(21)19(13)25-18;19-10-4-5-12(15(8-10)24-7-6-17(22)23)16-9-14(21)11-2-1-3-13(20)18(11)25-16/h2-6,9,18H,7-8,10H2,1H3;1-5,8,16H,6-7,9H2,(H,22,23)/t18-;16-/m01/s1. The molecule has 2 aliphatic rings. The molecular weight excluding hydrogens is 819 g/mol. The maximum atomic E-state index is 12.5. The second-order valence-electron chi connectivity index (χ2n) is 11.4. The van der Waals surface area contributed by atoms with Crippen molar-refractivity contribution in [2.45, 2.75) is 44.8 Å². The normalized spacial score (nSPS) is 16.1. The highest BCUT2D eigenvalue weighted by atomic mass is 79.9. The molecule has 4 aromatic carbocycles. The first-order valence-electron chi connectivity index (χ1n) is 15.4. The Morgan fingerprint density at radius 1 is 0.740 bits per heavy atom. The summed E-state index contributed by atoms with van der Waals surface area (Å²) in [6.45, 7) is 1.82. The number of fused-ring (bicyclic) bond motifs is 2. The number of rotatable bonds is 10. The number of Topliss-reactive ketones (excluding diaryl/α,β-unsaturated/α-hetero) is 3. The Morgan fingerprint density at radius 2 is 1.18 bits per heavy atom. The molecule has 9 nitrogen and oxygen atoms in total. The number of aliphatic carboxylic acids is 1. The smallest absolute Gasteiger partial charge is 0.306 e. The van der Waals surface area contributed by atoms with Crippen molar-refractivity contribution < 1.29 is 43.2 Å². The van der Waals surface area contributed by atoms with Crippen molar-refractivity contribution in [2.24, 2.45) is 0 Å². The summed E-state index contributed by atoms with van der Waals surface area (Å²) in [6.07, 6.45) is -0.466. The number of carboxylic acid groups (broad SMARTS) is 1. The fourth-order valence-electron chi connectivity index (χ4n) is 5.32. The van der Waals surface area contributed by atoms with Crippen LogP contribution in [-0.2, 0) is 9.59 Å². The number of benzene rings is 4. The van der Waals surface area contributed by atoms with Gasteiger partial charge in [-0.2, -0.15) is 0 Å². The van der Waals surface area contributed by atoms with Crippen LogP contribution in [-0.4, -0.2) is 41.6 Å². The molecule has 6 rings (SSSR count). The third-order valence-corrected chi connectivity index (χ3v) is 9.31. The van der Waals surface area contributed by atoms with Crippen LogP contribution in [0.5, 0.6) is 23.0 Å². The van der Waals surface area contributed by atoms with Gasteiger partial charge >= 0.3 is 5.97 Å². The monoisotopic (exact) mass is 846 g/mol. The van der Waals surface area contributed by atoms with Gasteiger partial charge in [-0.05, 0) is 55.5 Å². The van der Waals surface area contributed by atoms with E-state index in [-0.39, 0.29) is 49.8 Å². The van der Waals surface area contributed by atoms with Gasteiger partial charge in [0.15, 0.2) is 11.6 Å². The van der Waals surface area contributed by atoms with E-state index in [1.54, 1.807) is 48.5 Å². The lowest BCUT2D eigenvalue weighted by atomic mass is 9.96. The number of carbonyl (C=O) groups excluding carboxylic acids is 3. The molecule has 0 fully saturated rings. The van der Waals surface area contributed by atoms with E-state index in [4.69, 9.17) is 47.3 Å². The van der Waals surface area contributed by atoms with Crippen molar-refractivity contribution in [3.8, 4) is 23.0 Å². The molecule has 0 spiro atoms. The van der Waals surface area contributed by atoms with Crippen molar-refractivity contribution in [1.82, 2.24) is 0 Å². The van der Waals surface area contributed by atoms with Crippen LogP contribution in [0.15, 0.2) is 81.7 Å². The number of ketones is 3. The topological polar surface area (TPSA) is 125 Å². The van der Waals surface area contributed by atoms with E-state index in [0.29, 0.717) is 56.2 Å². The molecule has 2 atom stereocenters. The Hall–Kier alpha value is -3.90. The number of hydrogen-bond acceptors (Lipinski definition) is 8. The summed E-state index contributed by atoms with van der Waals surface area (Å²) < 4.78 is 25.0. The fraction of sp³-hybridized carbons (Fsp3) is 0.243. The molecule has 0 unspecified atom stereocenters. The largest absolute Gasteiger partial charge is 0.493 e. The molecule has 0 radical (unpaired) electrons. The average molecular weight is 849 g/mol. The third kappa shape index (κ3) is 9.25. The summed E-state index contributed by atoms with van der Waals surface area (Å²) in [7, 11) is 0. The number of ether oxygens (including phenoxy) is 4. The van der Waals surface area contributed by atoms with Crippen molar-refractivity contribution in [1.29, 1.82) is 0 Å². The fourth-order valence-corrected chi connectivity index (χ4v) is 6.44. The highest BCUT2D eigenvalue weighted by molar-refractivity contribution is 9.10. The number of carboxylic acids is 1. The molecule has 0 saturated carbocycles. The van der Waals surface area contributed by atoms with Crippen LogP contribution in [0.1, 0.15) is 76.7 Å². The molecule has 0 aliphatic carbocycles. The molecule has 0 bridgehead atoms. The number of para-hydroxylation sites is 2. The summed E-state index contributed by atoms with van der Waals surface area (Å²) in [4.78, 5) is 46.7. The maximum absolute atomic E-state index is 12.5. The Morgan fingerprint density at radius 3 is 1.60 bits per heavy atom. The maximum Gasteiger partial charge on any atom is 0.306 e. The lowest BCUT2D eigenvalue weighted by molar-refractivity contribution is -0.137. The second-order valence-corrected chi connectivity index (χ2v) is 14.0. The van der Waals surface area contributed by atoms with Crippen molar-refractivity contribution >= 4 is 78.4 Å². The molecule has 2 heterocycles. The van der Waals surface area contributed by atoms with Crippen LogP contribution in [0.4, 0.5) is 0 Å². The molecule has 50 heavy (non-hydrogen) atoms. The van der Waals surface area contributed by atoms with E-state index in [9.17, 15) is 19.2 Å². The Balaban J connectivity index is 0.000000194. The molecule has 0 saturated heterocycles. The van der Waals surface area contributed by atoms with Crippen LogP contribution in [0, 0.1) is 0 Å². The zero-order chi connectivity index (χ0) is 35.9. The van der Waals surface area contributed by atoms with E-state index < -0.39 is 18.2 Å². The van der Waals surface area contributed by atoms with Crippen molar-refractivity contribution in [2.75, 3.05) is 13.2 Å². The van der Waals surface area contributed by atoms with E-state index >= 15 is 0 Å². The van der Waals surface area contributed by atoms with Crippen LogP contribution in [0.2, 0.25) is 10.0 Å². The van der Waals surface area contributed by atoms with Crippen LogP contribution in [0.25, 0.3) is 0 Å². The quantitative estimate of drug-likeness (QED) is 0.166. The minimum atomic E-state index is -0.943. The molecule has 1 N–H and O–H groups in total. The Kier molecular flexibility index (Phi) is 12.6. The van der Waals surface area contributed by atoms with Crippen LogP contribution in [0.3, 0.4) is 0 Å². The van der Waals surface area contributed by atoms with Crippen LogP contribution < -0.4 is 18.9 Å². The summed E-state index contributed by atoms with van der Waals surface area (Å²) in [5.41, 5.74) is 2.40. The van der Waals surface area contributed by atoms with Gasteiger partial charge in [0.25, 0.3) is 0 Å². The Labute approximate surface area is 315 Å². The molecule has 260 valence electrons. The first kappa shape index (κ1) is 37.4. The lowest BCUT2D eigenvalue weighted by Gasteiger charge is -2.27. The number of halogens is 4. The Bertz CT molecular complexity index is 1810. The van der Waals surface area contributed by atoms with Gasteiger partial charge in [-0.1, -0.05) is 79.3 Å². The summed E-state index contributed by atoms with van der Waals surface area (Å²) >= 11 is 19.1. The van der Waals surface area contributed by atoms with Crippen molar-refractivity contribution in [3.63, 3.8) is 0 Å². The van der Waals surface area contributed by atoms with Crippen molar-refractivity contribution in [3.05, 3.63) is 114 Å². The molecule has 2 aliphatic heterocycles. The van der Waals surface area contributed by atoms with Gasteiger partial charge in [-0.25, -0.2) is 0 Å². The second kappa shape index (κ2) is 16.9. The van der Waals surface area contributed by atoms with Gasteiger partial charge in [0.2, 0.25) is 0 Å². The predicted octanol–water partition coefficient (Wildman–Crippen LogP) is 9.83. The summed E-state index contributed by atoms with van der Waals surface area (Å²) in [5.74, 6) is 0.864. The zero-order valence-electron chi connectivity index (χ0n) is 26.6. The molecule has 4 aromatic rings. The third-order valence-electron chi connectivity index (χ3n) is 7.73. The van der Waals surface area contributed by atoms with Gasteiger partial charge in [0.1, 0.15) is 41.0 Å². The van der Waals surface area contributed by atoms with Gasteiger partial charge in [0, 0.05) is 26.5 Å². The summed E-state index contributed by atoms with van der Waals surface area (Å²) in [6, 6.07) is 21.1. The molecule has 0 aromatic heterocycles. The van der Waals surface area contributed by atoms with Gasteiger partial charge in [-0.15, -0.1) is 0 Å². The average Bonchev–Trinajstić information content (AvgIpc) is 3.06. The minimum absolute atomic E-state index is 0.0219. The zero-order valence-corrected chi connectivity index (χ0v) is 31.2. The molecule has 13 heteroatoms. The van der Waals surface area contributed by atoms with Gasteiger partial charge in [-0.3, -0.25) is 19.2 Å². The van der Waals surface area contributed by atoms with Gasteiger partial charge < -0.3 is 24.1 Å². The first-order chi connectivity index (χ1) is 23.9. The lowest BCUT2D eigenvalue weighted by Crippen LogP contribution is -2.21. The van der Waals surface area contributed by atoms with Gasteiger partial charge in [0.05, 0.1) is 53.6 Å². The predicted molar refractivity (Wildman–Crippen MR) is 194 cm³/mol. The van der Waals surface area contributed by atoms with Crippen LogP contribution >= 0.6 is 55.1 Å². The van der Waals surface area contributed by atoms with E-state index in [0.717, 1.165) is 14.5 Å². The minimum Gasteiger partial charge on any atom is -0.493 e. The summed E-state index contributed by atoms with van der Waals surface area (Å²) in [5, 5.41) is 9.55. The van der Waals surface area contributed by atoms with E-state index in [2.05, 4.69) is 31.9 Å². The highest BCUT2D eigenvalue weighted by Gasteiger charge is 2.32. The van der Waals surface area contributed by atoms with E-state index in [1.807, 2.05) is 24.3 Å². The molecule has 0 amide bonds. The highest BCUT2D eigenvalue weighted by Crippen LogP contribution is 2.43. The SMILES string of the molecule is CC(=O)CCOc1cc(Br)ccc1[C@@H]1CC(=O)c2cccc(Cl)c2O1.O=C(O)CCOc1cc(Br)ccc1[C@H]1CC(=O)c2cccc(Cl)c2O1. The van der Waals surface area contributed by atoms with E-state index in [1.165, 1.54) is 6.92 Å². The molecular formula is C37H30Br2Cl2O9.